The number of benzene rings is 1. The van der Waals surface area contributed by atoms with Crippen molar-refractivity contribution in [2.75, 3.05) is 5.75 Å². The number of fused-ring (bicyclic) bond motifs is 1. The topological polar surface area (TPSA) is 20.2 Å². The molecule has 0 saturated carbocycles. The van der Waals surface area contributed by atoms with Crippen LogP contribution >= 0.6 is 23.4 Å². The van der Waals surface area contributed by atoms with Gasteiger partial charge in [-0.2, -0.15) is 11.8 Å². The van der Waals surface area contributed by atoms with Crippen molar-refractivity contribution < 1.29 is 9.50 Å². The van der Waals surface area contributed by atoms with Crippen LogP contribution in [0.3, 0.4) is 0 Å². The largest absolute Gasteiger partial charge is 0.387 e. The summed E-state index contributed by atoms with van der Waals surface area (Å²) in [6, 6.07) is 2.84. The number of aliphatic hydroxyl groups excluding tert-OH is 1. The van der Waals surface area contributed by atoms with Gasteiger partial charge >= 0.3 is 0 Å². The monoisotopic (exact) mass is 218 g/mol. The third kappa shape index (κ3) is 1.56. The summed E-state index contributed by atoms with van der Waals surface area (Å²) in [6.45, 7) is 0. The zero-order valence-electron chi connectivity index (χ0n) is 6.76. The second-order valence-corrected chi connectivity index (χ2v) is 4.39. The van der Waals surface area contributed by atoms with E-state index in [0.29, 0.717) is 22.1 Å². The van der Waals surface area contributed by atoms with Crippen molar-refractivity contribution in [2.24, 2.45) is 0 Å². The lowest BCUT2D eigenvalue weighted by Gasteiger charge is -2.22. The van der Waals surface area contributed by atoms with Gasteiger partial charge in [-0.1, -0.05) is 11.6 Å². The fourth-order valence-corrected chi connectivity index (χ4v) is 2.81. The fraction of sp³-hybridized carbons (Fsp3) is 0.333. The summed E-state index contributed by atoms with van der Waals surface area (Å²) in [5.74, 6) is 0.875. The van der Waals surface area contributed by atoms with Gasteiger partial charge in [-0.15, -0.1) is 0 Å². The highest BCUT2D eigenvalue weighted by atomic mass is 35.5. The van der Waals surface area contributed by atoms with E-state index in [1.165, 1.54) is 12.1 Å². The zero-order valence-corrected chi connectivity index (χ0v) is 8.33. The van der Waals surface area contributed by atoms with E-state index in [9.17, 15) is 9.50 Å². The third-order valence-corrected chi connectivity index (χ3v) is 3.50. The molecule has 0 amide bonds. The van der Waals surface area contributed by atoms with Crippen molar-refractivity contribution in [3.63, 3.8) is 0 Å². The van der Waals surface area contributed by atoms with Gasteiger partial charge in [0.1, 0.15) is 5.82 Å². The fourth-order valence-electron chi connectivity index (χ4n) is 1.47. The van der Waals surface area contributed by atoms with E-state index in [1.807, 2.05) is 0 Å². The first-order valence-electron chi connectivity index (χ1n) is 3.92. The van der Waals surface area contributed by atoms with Gasteiger partial charge < -0.3 is 5.11 Å². The van der Waals surface area contributed by atoms with Crippen molar-refractivity contribution in [3.8, 4) is 0 Å². The second kappa shape index (κ2) is 3.48. The van der Waals surface area contributed by atoms with Gasteiger partial charge in [0.05, 0.1) is 6.10 Å². The number of hydrogen-bond acceptors (Lipinski definition) is 2. The van der Waals surface area contributed by atoms with Crippen LogP contribution in [0.15, 0.2) is 12.1 Å². The molecule has 0 fully saturated rings. The van der Waals surface area contributed by atoms with Crippen LogP contribution in [0.25, 0.3) is 0 Å². The molecule has 1 aromatic rings. The van der Waals surface area contributed by atoms with E-state index in [-0.39, 0.29) is 5.82 Å². The van der Waals surface area contributed by atoms with Crippen LogP contribution in [-0.4, -0.2) is 10.9 Å². The molecular weight excluding hydrogens is 211 g/mol. The highest BCUT2D eigenvalue weighted by Gasteiger charge is 2.23. The average molecular weight is 219 g/mol. The summed E-state index contributed by atoms with van der Waals surface area (Å²) in [7, 11) is 0. The molecule has 1 atom stereocenters. The Hall–Kier alpha value is -0.250. The number of rotatable bonds is 0. The van der Waals surface area contributed by atoms with Gasteiger partial charge in [-0.25, -0.2) is 4.39 Å². The molecule has 4 heteroatoms. The molecule has 0 aromatic heterocycles. The van der Waals surface area contributed by atoms with E-state index in [1.54, 1.807) is 11.8 Å². The molecule has 1 nitrogen and oxygen atoms in total. The minimum absolute atomic E-state index is 0.354. The average Bonchev–Trinajstić information content (AvgIpc) is 2.12. The molecule has 1 N–H and O–H groups in total. The Balaban J connectivity index is 2.60. The first-order chi connectivity index (χ1) is 6.20. The van der Waals surface area contributed by atoms with Gasteiger partial charge in [0, 0.05) is 22.1 Å². The maximum atomic E-state index is 13.3. The van der Waals surface area contributed by atoms with Gasteiger partial charge in [0.2, 0.25) is 0 Å². The molecule has 70 valence electrons. The lowest BCUT2D eigenvalue weighted by molar-refractivity contribution is 0.196. The Bertz CT molecular complexity index is 343. The summed E-state index contributed by atoms with van der Waals surface area (Å²) in [4.78, 5) is 0. The van der Waals surface area contributed by atoms with Gasteiger partial charge in [-0.3, -0.25) is 0 Å². The molecule has 1 aliphatic rings. The standard InChI is InChI=1S/C9H8ClFOS/c10-6-1-2-7(11)9-5(6)3-13-4-8(9)12/h1-2,8,12H,3-4H2/t8-/m0/s1. The van der Waals surface area contributed by atoms with E-state index in [4.69, 9.17) is 11.6 Å². The van der Waals surface area contributed by atoms with Crippen molar-refractivity contribution in [3.05, 3.63) is 34.1 Å². The van der Waals surface area contributed by atoms with Crippen LogP contribution in [0.5, 0.6) is 0 Å². The molecule has 1 aromatic carbocycles. The van der Waals surface area contributed by atoms with Crippen molar-refractivity contribution in [1.82, 2.24) is 0 Å². The molecular formula is C9H8ClFOS. The Morgan fingerprint density at radius 2 is 2.31 bits per heavy atom. The molecule has 0 unspecified atom stereocenters. The number of thioether (sulfide) groups is 1. The van der Waals surface area contributed by atoms with Crippen molar-refractivity contribution >= 4 is 23.4 Å². The van der Waals surface area contributed by atoms with Crippen LogP contribution in [0, 0.1) is 5.82 Å². The highest BCUT2D eigenvalue weighted by molar-refractivity contribution is 7.98. The Morgan fingerprint density at radius 3 is 3.00 bits per heavy atom. The van der Waals surface area contributed by atoms with E-state index in [2.05, 4.69) is 0 Å². The maximum Gasteiger partial charge on any atom is 0.129 e. The summed E-state index contributed by atoms with van der Waals surface area (Å²) in [5.41, 5.74) is 1.12. The van der Waals surface area contributed by atoms with Crippen molar-refractivity contribution in [1.29, 1.82) is 0 Å². The quantitative estimate of drug-likeness (QED) is 0.723. The Labute approximate surface area is 84.9 Å². The summed E-state index contributed by atoms with van der Waals surface area (Å²) < 4.78 is 13.3. The van der Waals surface area contributed by atoms with Gasteiger partial charge in [0.15, 0.2) is 0 Å². The van der Waals surface area contributed by atoms with Gasteiger partial charge in [-0.05, 0) is 17.7 Å². The van der Waals surface area contributed by atoms with E-state index >= 15 is 0 Å². The molecule has 0 saturated heterocycles. The van der Waals surface area contributed by atoms with E-state index < -0.39 is 6.10 Å². The van der Waals surface area contributed by atoms with Crippen LogP contribution in [0.1, 0.15) is 17.2 Å². The lowest BCUT2D eigenvalue weighted by Crippen LogP contribution is -2.12. The van der Waals surface area contributed by atoms with Crippen LogP contribution in [-0.2, 0) is 5.75 Å². The van der Waals surface area contributed by atoms with Crippen LogP contribution in [0.2, 0.25) is 5.02 Å². The Morgan fingerprint density at radius 1 is 1.54 bits per heavy atom. The van der Waals surface area contributed by atoms with Gasteiger partial charge in [0.25, 0.3) is 0 Å². The van der Waals surface area contributed by atoms with Crippen molar-refractivity contribution in [2.45, 2.75) is 11.9 Å². The normalized spacial score (nSPS) is 21.3. The van der Waals surface area contributed by atoms with E-state index in [0.717, 1.165) is 5.56 Å². The smallest absolute Gasteiger partial charge is 0.129 e. The summed E-state index contributed by atoms with van der Waals surface area (Å²) in [6.07, 6.45) is -0.715. The predicted molar refractivity (Wildman–Crippen MR) is 52.5 cm³/mol. The maximum absolute atomic E-state index is 13.3. The molecule has 0 spiro atoms. The molecule has 1 heterocycles. The Kier molecular flexibility index (Phi) is 2.49. The molecule has 0 radical (unpaired) electrons. The minimum Gasteiger partial charge on any atom is -0.387 e. The predicted octanol–water partition coefficient (Wildman–Crippen LogP) is 2.76. The number of aliphatic hydroxyl groups is 1. The van der Waals surface area contributed by atoms with Crippen LogP contribution < -0.4 is 0 Å². The molecule has 13 heavy (non-hydrogen) atoms. The first kappa shape index (κ1) is 9.31. The first-order valence-corrected chi connectivity index (χ1v) is 5.46. The SMILES string of the molecule is O[C@H]1CSCc2c(Cl)ccc(F)c21. The second-order valence-electron chi connectivity index (χ2n) is 2.95. The van der Waals surface area contributed by atoms with Crippen LogP contribution in [0.4, 0.5) is 4.39 Å². The molecule has 0 aliphatic carbocycles. The third-order valence-electron chi connectivity index (χ3n) is 2.10. The highest BCUT2D eigenvalue weighted by Crippen LogP contribution is 2.37. The number of halogens is 2. The molecule has 1 aliphatic heterocycles. The molecule has 2 rings (SSSR count). The minimum atomic E-state index is -0.715. The number of hydrogen-bond donors (Lipinski definition) is 1. The summed E-state index contributed by atoms with van der Waals surface area (Å²) in [5, 5.41) is 10.1. The summed E-state index contributed by atoms with van der Waals surface area (Å²) >= 11 is 7.46. The lowest BCUT2D eigenvalue weighted by atomic mass is 10.0. The molecule has 0 bridgehead atoms. The zero-order chi connectivity index (χ0) is 9.42.